The molecule has 0 aromatic heterocycles. The number of carbonyl (C=O) groups is 10. The van der Waals surface area contributed by atoms with Gasteiger partial charge in [0.1, 0.15) is 48.0 Å². The van der Waals surface area contributed by atoms with Crippen molar-refractivity contribution < 1.29 is 73.5 Å². The first kappa shape index (κ1) is 58.3. The monoisotopic (exact) mass is 973 g/mol. The lowest BCUT2D eigenvalue weighted by atomic mass is 10.0. The van der Waals surface area contributed by atoms with Crippen molar-refractivity contribution in [3.8, 4) is 5.75 Å². The van der Waals surface area contributed by atoms with Crippen LogP contribution in [0.2, 0.25) is 0 Å². The van der Waals surface area contributed by atoms with Crippen molar-refractivity contribution in [2.75, 3.05) is 37.2 Å². The van der Waals surface area contributed by atoms with E-state index in [9.17, 15) is 73.5 Å². The van der Waals surface area contributed by atoms with Crippen LogP contribution in [0.15, 0.2) is 24.3 Å². The Hall–Kier alpha value is -5.70. The summed E-state index contributed by atoms with van der Waals surface area (Å²) in [6.07, 6.45) is 0.951. The number of aliphatic hydroxyl groups is 2. The predicted octanol–water partition coefficient (Wildman–Crippen LogP) is -4.11. The zero-order chi connectivity index (χ0) is 50.3. The van der Waals surface area contributed by atoms with E-state index in [4.69, 9.17) is 5.73 Å². The summed E-state index contributed by atoms with van der Waals surface area (Å²) in [5.74, 6) is -10.4. The first-order valence-electron chi connectivity index (χ1n) is 20.6. The lowest BCUT2D eigenvalue weighted by molar-refractivity contribution is -0.143. The van der Waals surface area contributed by atoms with Crippen molar-refractivity contribution in [2.45, 2.75) is 108 Å². The molecule has 26 heteroatoms. The van der Waals surface area contributed by atoms with Crippen molar-refractivity contribution >= 4 is 82.7 Å². The normalized spacial score (nSPS) is 15.1. The van der Waals surface area contributed by atoms with Gasteiger partial charge in [0, 0.05) is 0 Å². The molecule has 66 heavy (non-hydrogen) atoms. The molecule has 1 rings (SSSR count). The van der Waals surface area contributed by atoms with Crippen LogP contribution >= 0.6 is 23.5 Å². The van der Waals surface area contributed by atoms with E-state index in [1.165, 1.54) is 42.6 Å². The molecule has 0 saturated carbocycles. The molecule has 0 heterocycles. The molecule has 1 aromatic rings. The number of amides is 8. The number of hydrogen-bond donors (Lipinski definition) is 14. The van der Waals surface area contributed by atoms with E-state index in [0.717, 1.165) is 6.92 Å². The maximum Gasteiger partial charge on any atom is 0.326 e. The van der Waals surface area contributed by atoms with Crippen LogP contribution in [0, 0.1) is 5.92 Å². The van der Waals surface area contributed by atoms with Crippen LogP contribution in [-0.2, 0) is 54.4 Å². The van der Waals surface area contributed by atoms with Crippen molar-refractivity contribution in [1.29, 1.82) is 0 Å². The Morgan fingerprint density at radius 1 is 0.621 bits per heavy atom. The molecule has 370 valence electrons. The molecule has 1 aromatic carbocycles. The topological polar surface area (TPSA) is 394 Å². The van der Waals surface area contributed by atoms with Gasteiger partial charge in [0.05, 0.1) is 31.7 Å². The van der Waals surface area contributed by atoms with Crippen LogP contribution in [0.25, 0.3) is 0 Å². The molecular weight excluding hydrogens is 911 g/mol. The molecule has 0 fully saturated rings. The first-order chi connectivity index (χ1) is 30.9. The molecule has 0 aliphatic heterocycles. The lowest BCUT2D eigenvalue weighted by Gasteiger charge is -2.26. The van der Waals surface area contributed by atoms with Gasteiger partial charge in [-0.05, 0) is 80.7 Å². The van der Waals surface area contributed by atoms with Gasteiger partial charge in [-0.3, -0.25) is 43.2 Å². The van der Waals surface area contributed by atoms with Crippen molar-refractivity contribution in [2.24, 2.45) is 11.7 Å². The Bertz CT molecular complexity index is 1840. The smallest absolute Gasteiger partial charge is 0.326 e. The van der Waals surface area contributed by atoms with Gasteiger partial charge < -0.3 is 73.8 Å². The molecular formula is C40H63N9O15S2. The fourth-order valence-corrected chi connectivity index (χ4v) is 6.69. The molecule has 0 radical (unpaired) electrons. The minimum atomic E-state index is -1.76. The van der Waals surface area contributed by atoms with Crippen molar-refractivity contribution in [3.63, 3.8) is 0 Å². The quantitative estimate of drug-likeness (QED) is 0.0348. The number of aromatic hydroxyl groups is 1. The predicted molar refractivity (Wildman–Crippen MR) is 241 cm³/mol. The minimum Gasteiger partial charge on any atom is -0.508 e. The van der Waals surface area contributed by atoms with Crippen molar-refractivity contribution in [1.82, 2.24) is 42.5 Å². The summed E-state index contributed by atoms with van der Waals surface area (Å²) in [5, 5.41) is 67.1. The summed E-state index contributed by atoms with van der Waals surface area (Å²) in [4.78, 5) is 128. The van der Waals surface area contributed by atoms with Crippen molar-refractivity contribution in [3.05, 3.63) is 29.8 Å². The minimum absolute atomic E-state index is 0.00833. The number of phenolic OH excluding ortho intramolecular Hbond substituents is 1. The van der Waals surface area contributed by atoms with Gasteiger partial charge in [0.25, 0.3) is 0 Å². The number of carbonyl (C=O) groups excluding carboxylic acids is 8. The number of benzene rings is 1. The third-order valence-electron chi connectivity index (χ3n) is 9.53. The maximum atomic E-state index is 13.4. The SMILES string of the molecule is CSCC[C@H](NC(=O)[C@@H](NC(=O)CNC(=O)[C@H](CC(=O)O)NC(=O)[C@H](CCSC)NC(=O)[C@@H](N)Cc1ccc(O)cc1)[C@@H](C)O)C(=O)N[C@@H](CO)C(=O)N[C@@H](C)C(=O)N[C@H](C(=O)O)C(C)C. The fraction of sp³-hybridized carbons (Fsp3) is 0.600. The number of nitrogens with one attached hydrogen (secondary N) is 8. The highest BCUT2D eigenvalue weighted by Crippen LogP contribution is 2.12. The molecule has 8 amide bonds. The highest BCUT2D eigenvalue weighted by molar-refractivity contribution is 7.98. The summed E-state index contributed by atoms with van der Waals surface area (Å²) in [5.41, 5.74) is 6.68. The number of hydrogen-bond acceptors (Lipinski definition) is 16. The standard InChI is InChI=1S/C40H63N9O15S2/c1-19(2)31(40(63)64)49-33(56)20(3)43-38(61)28(18-50)47-37(60)26(12-14-66-6)45-39(62)32(21(4)51)48-29(53)17-42-35(58)27(16-30(54)55)46-36(59)25(11-13-65-5)44-34(57)24(41)15-22-7-9-23(52)10-8-22/h7-10,19-21,24-28,31-32,50-52H,11-18,41H2,1-6H3,(H,42,58)(H,43,61)(H,44,57)(H,45,62)(H,46,59)(H,47,60)(H,48,53)(H,49,56)(H,54,55)(H,63,64)/t20-,21+,24-,25-,26-,27-,28-,31-,32-/m0/s1. The summed E-state index contributed by atoms with van der Waals surface area (Å²) < 4.78 is 0. The Kier molecular flexibility index (Phi) is 26.3. The number of carboxylic acids is 2. The van der Waals surface area contributed by atoms with Gasteiger partial charge in [0.2, 0.25) is 47.3 Å². The summed E-state index contributed by atoms with van der Waals surface area (Å²) >= 11 is 2.62. The molecule has 0 saturated heterocycles. The zero-order valence-corrected chi connectivity index (χ0v) is 39.1. The van der Waals surface area contributed by atoms with E-state index in [1.807, 2.05) is 0 Å². The molecule has 0 aliphatic carbocycles. The number of thioether (sulfide) groups is 2. The fourth-order valence-electron chi connectivity index (χ4n) is 5.74. The summed E-state index contributed by atoms with van der Waals surface area (Å²) in [7, 11) is 0. The Labute approximate surface area is 389 Å². The Balaban J connectivity index is 3.02. The highest BCUT2D eigenvalue weighted by Gasteiger charge is 2.34. The van der Waals surface area contributed by atoms with Gasteiger partial charge in [-0.1, -0.05) is 26.0 Å². The van der Waals surface area contributed by atoms with E-state index >= 15 is 0 Å². The summed E-state index contributed by atoms with van der Waals surface area (Å²) in [6, 6.07) is -5.54. The second kappa shape index (κ2) is 29.8. The van der Waals surface area contributed by atoms with Gasteiger partial charge >= 0.3 is 11.9 Å². The Morgan fingerprint density at radius 2 is 1.12 bits per heavy atom. The second-order valence-electron chi connectivity index (χ2n) is 15.4. The van der Waals surface area contributed by atoms with Crippen LogP contribution in [-0.4, -0.2) is 176 Å². The number of rotatable bonds is 30. The van der Waals surface area contributed by atoms with Gasteiger partial charge in [-0.2, -0.15) is 23.5 Å². The summed E-state index contributed by atoms with van der Waals surface area (Å²) in [6.45, 7) is 3.66. The third-order valence-corrected chi connectivity index (χ3v) is 10.8. The number of phenols is 1. The molecule has 0 unspecified atom stereocenters. The molecule has 0 aliphatic rings. The number of carboxylic acid groups (broad SMARTS) is 2. The van der Waals surface area contributed by atoms with Crippen LogP contribution in [0.4, 0.5) is 0 Å². The maximum absolute atomic E-state index is 13.4. The first-order valence-corrected chi connectivity index (χ1v) is 23.4. The Morgan fingerprint density at radius 3 is 1.59 bits per heavy atom. The number of nitrogens with two attached hydrogens (primary N) is 1. The van der Waals surface area contributed by atoms with E-state index in [0.29, 0.717) is 11.3 Å². The van der Waals surface area contributed by atoms with E-state index in [1.54, 1.807) is 38.5 Å². The average Bonchev–Trinajstić information content (AvgIpc) is 3.25. The largest absolute Gasteiger partial charge is 0.508 e. The number of aliphatic hydroxyl groups excluding tert-OH is 2. The zero-order valence-electron chi connectivity index (χ0n) is 37.5. The van der Waals surface area contributed by atoms with Gasteiger partial charge in [-0.15, -0.1) is 0 Å². The van der Waals surface area contributed by atoms with E-state index in [-0.39, 0.29) is 30.8 Å². The third kappa shape index (κ3) is 21.1. The molecule has 0 bridgehead atoms. The van der Waals surface area contributed by atoms with Crippen LogP contribution in [0.1, 0.15) is 52.5 Å². The van der Waals surface area contributed by atoms with Crippen LogP contribution in [0.3, 0.4) is 0 Å². The lowest BCUT2D eigenvalue weighted by Crippen LogP contribution is -2.61. The van der Waals surface area contributed by atoms with E-state index in [2.05, 4.69) is 42.5 Å². The molecule has 15 N–H and O–H groups in total. The number of aliphatic carboxylic acids is 2. The van der Waals surface area contributed by atoms with Crippen LogP contribution < -0.4 is 48.3 Å². The average molecular weight is 974 g/mol. The molecule has 24 nitrogen and oxygen atoms in total. The van der Waals surface area contributed by atoms with Crippen LogP contribution in [0.5, 0.6) is 5.75 Å². The molecule has 0 spiro atoms. The van der Waals surface area contributed by atoms with Gasteiger partial charge in [-0.25, -0.2) is 4.79 Å². The molecule has 9 atom stereocenters. The van der Waals surface area contributed by atoms with E-state index < -0.39 is 139 Å². The second-order valence-corrected chi connectivity index (χ2v) is 17.3. The highest BCUT2D eigenvalue weighted by atomic mass is 32.2. The van der Waals surface area contributed by atoms with Gasteiger partial charge in [0.15, 0.2) is 0 Å².